The summed E-state index contributed by atoms with van der Waals surface area (Å²) in [7, 11) is 0. The SMILES string of the molecule is Cc1nc(Oc2cc(F)ccc2C(=O)O)sc1C. The quantitative estimate of drug-likeness (QED) is 0.926. The number of hydrogen-bond acceptors (Lipinski definition) is 4. The molecule has 94 valence electrons. The lowest BCUT2D eigenvalue weighted by atomic mass is 10.2. The van der Waals surface area contributed by atoms with Crippen molar-refractivity contribution in [3.05, 3.63) is 40.2 Å². The molecule has 2 rings (SSSR count). The first kappa shape index (κ1) is 12.5. The van der Waals surface area contributed by atoms with Crippen molar-refractivity contribution in [3.63, 3.8) is 0 Å². The van der Waals surface area contributed by atoms with Crippen LogP contribution >= 0.6 is 11.3 Å². The lowest BCUT2D eigenvalue weighted by molar-refractivity contribution is 0.0694. The third-order valence-electron chi connectivity index (χ3n) is 2.38. The monoisotopic (exact) mass is 267 g/mol. The summed E-state index contributed by atoms with van der Waals surface area (Å²) in [4.78, 5) is 16.1. The molecule has 0 amide bonds. The molecule has 0 spiro atoms. The van der Waals surface area contributed by atoms with Crippen molar-refractivity contribution in [1.29, 1.82) is 0 Å². The third-order valence-corrected chi connectivity index (χ3v) is 3.33. The van der Waals surface area contributed by atoms with Crippen LogP contribution in [-0.2, 0) is 0 Å². The van der Waals surface area contributed by atoms with Crippen LogP contribution in [0.4, 0.5) is 4.39 Å². The highest BCUT2D eigenvalue weighted by molar-refractivity contribution is 7.13. The van der Waals surface area contributed by atoms with Gasteiger partial charge in [0, 0.05) is 10.9 Å². The van der Waals surface area contributed by atoms with E-state index in [1.807, 2.05) is 13.8 Å². The predicted octanol–water partition coefficient (Wildman–Crippen LogP) is 3.39. The number of halogens is 1. The molecule has 6 heteroatoms. The van der Waals surface area contributed by atoms with E-state index in [0.29, 0.717) is 5.19 Å². The van der Waals surface area contributed by atoms with Gasteiger partial charge in [0.1, 0.15) is 17.1 Å². The van der Waals surface area contributed by atoms with E-state index in [-0.39, 0.29) is 11.3 Å². The molecule has 1 N–H and O–H groups in total. The van der Waals surface area contributed by atoms with Gasteiger partial charge in [-0.1, -0.05) is 11.3 Å². The normalized spacial score (nSPS) is 10.4. The number of benzene rings is 1. The molecule has 1 aromatic carbocycles. The number of ether oxygens (including phenoxy) is 1. The van der Waals surface area contributed by atoms with E-state index in [4.69, 9.17) is 9.84 Å². The number of nitrogens with zero attached hydrogens (tertiary/aromatic N) is 1. The van der Waals surface area contributed by atoms with Crippen LogP contribution in [0.25, 0.3) is 0 Å². The van der Waals surface area contributed by atoms with E-state index >= 15 is 0 Å². The van der Waals surface area contributed by atoms with Crippen molar-refractivity contribution in [3.8, 4) is 10.9 Å². The van der Waals surface area contributed by atoms with E-state index in [1.165, 1.54) is 17.4 Å². The summed E-state index contributed by atoms with van der Waals surface area (Å²) in [5.41, 5.74) is 0.713. The van der Waals surface area contributed by atoms with Gasteiger partial charge in [0.15, 0.2) is 0 Å². The van der Waals surface area contributed by atoms with Gasteiger partial charge < -0.3 is 9.84 Å². The number of carboxylic acids is 1. The van der Waals surface area contributed by atoms with E-state index in [0.717, 1.165) is 22.7 Å². The number of aryl methyl sites for hydroxylation is 2. The zero-order valence-corrected chi connectivity index (χ0v) is 10.5. The van der Waals surface area contributed by atoms with Crippen molar-refractivity contribution in [1.82, 2.24) is 4.98 Å². The van der Waals surface area contributed by atoms with Crippen LogP contribution in [-0.4, -0.2) is 16.1 Å². The first-order valence-corrected chi connectivity index (χ1v) is 5.93. The average Bonchev–Trinajstić information content (AvgIpc) is 2.57. The molecule has 0 fully saturated rings. The maximum Gasteiger partial charge on any atom is 0.339 e. The van der Waals surface area contributed by atoms with Crippen LogP contribution in [0.3, 0.4) is 0 Å². The molecule has 18 heavy (non-hydrogen) atoms. The highest BCUT2D eigenvalue weighted by atomic mass is 32.1. The van der Waals surface area contributed by atoms with Crippen LogP contribution in [0.2, 0.25) is 0 Å². The molecule has 0 saturated carbocycles. The summed E-state index contributed by atoms with van der Waals surface area (Å²) >= 11 is 1.29. The fraction of sp³-hybridized carbons (Fsp3) is 0.167. The third kappa shape index (κ3) is 2.48. The van der Waals surface area contributed by atoms with Crippen LogP contribution in [0.5, 0.6) is 10.9 Å². The second-order valence-electron chi connectivity index (χ2n) is 3.67. The number of carboxylic acid groups (broad SMARTS) is 1. The largest absolute Gasteiger partial charge is 0.478 e. The molecule has 0 unspecified atom stereocenters. The van der Waals surface area contributed by atoms with Crippen molar-refractivity contribution >= 4 is 17.3 Å². The fourth-order valence-corrected chi connectivity index (χ4v) is 2.11. The molecule has 1 aromatic heterocycles. The van der Waals surface area contributed by atoms with Gasteiger partial charge in [-0.15, -0.1) is 0 Å². The second kappa shape index (κ2) is 4.73. The van der Waals surface area contributed by atoms with Crippen LogP contribution in [0.15, 0.2) is 18.2 Å². The van der Waals surface area contributed by atoms with Crippen LogP contribution < -0.4 is 4.74 Å². The average molecular weight is 267 g/mol. The number of aromatic carboxylic acids is 1. The molecule has 2 aromatic rings. The van der Waals surface area contributed by atoms with Crippen LogP contribution in [0, 0.1) is 19.7 Å². The lowest BCUT2D eigenvalue weighted by Crippen LogP contribution is -2.00. The van der Waals surface area contributed by atoms with Crippen molar-refractivity contribution < 1.29 is 19.0 Å². The molecule has 0 aliphatic heterocycles. The van der Waals surface area contributed by atoms with Crippen LogP contribution in [0.1, 0.15) is 20.9 Å². The highest BCUT2D eigenvalue weighted by Gasteiger charge is 2.15. The molecule has 0 saturated heterocycles. The topological polar surface area (TPSA) is 59.4 Å². The Balaban J connectivity index is 2.38. The minimum absolute atomic E-state index is 0.0451. The minimum Gasteiger partial charge on any atom is -0.478 e. The Morgan fingerprint density at radius 1 is 1.44 bits per heavy atom. The van der Waals surface area contributed by atoms with Gasteiger partial charge in [0.25, 0.3) is 5.19 Å². The first-order chi connectivity index (χ1) is 8.47. The number of carbonyl (C=O) groups is 1. The maximum atomic E-state index is 13.1. The summed E-state index contributed by atoms with van der Waals surface area (Å²) in [6.07, 6.45) is 0. The Labute approximate surface area is 107 Å². The summed E-state index contributed by atoms with van der Waals surface area (Å²) in [5.74, 6) is -1.77. The summed E-state index contributed by atoms with van der Waals surface area (Å²) in [5, 5.41) is 9.28. The lowest BCUT2D eigenvalue weighted by Gasteiger charge is -2.05. The van der Waals surface area contributed by atoms with Gasteiger partial charge in [-0.05, 0) is 26.0 Å². The van der Waals surface area contributed by atoms with Crippen molar-refractivity contribution in [2.75, 3.05) is 0 Å². The minimum atomic E-state index is -1.17. The smallest absolute Gasteiger partial charge is 0.339 e. The molecule has 0 radical (unpaired) electrons. The first-order valence-electron chi connectivity index (χ1n) is 5.12. The van der Waals surface area contributed by atoms with Gasteiger partial charge in [-0.3, -0.25) is 0 Å². The zero-order chi connectivity index (χ0) is 13.3. The standard InChI is InChI=1S/C12H10FNO3S/c1-6-7(2)18-12(14-6)17-10-5-8(13)3-4-9(10)11(15)16/h3-5H,1-2H3,(H,15,16). The number of rotatable bonds is 3. The number of hydrogen-bond donors (Lipinski definition) is 1. The molecular weight excluding hydrogens is 257 g/mol. The molecular formula is C12H10FNO3S. The molecule has 1 heterocycles. The van der Waals surface area contributed by atoms with Crippen molar-refractivity contribution in [2.45, 2.75) is 13.8 Å². The highest BCUT2D eigenvalue weighted by Crippen LogP contribution is 2.31. The predicted molar refractivity (Wildman–Crippen MR) is 65.0 cm³/mol. The number of aromatic nitrogens is 1. The van der Waals surface area contributed by atoms with Gasteiger partial charge in [-0.2, -0.15) is 0 Å². The Morgan fingerprint density at radius 2 is 2.17 bits per heavy atom. The molecule has 0 aliphatic carbocycles. The Hall–Kier alpha value is -1.95. The molecule has 4 nitrogen and oxygen atoms in total. The zero-order valence-electron chi connectivity index (χ0n) is 9.73. The van der Waals surface area contributed by atoms with Gasteiger partial charge >= 0.3 is 5.97 Å². The summed E-state index contributed by atoms with van der Waals surface area (Å²) in [6, 6.07) is 3.28. The van der Waals surface area contributed by atoms with E-state index in [1.54, 1.807) is 0 Å². The number of thiazole rings is 1. The second-order valence-corrected chi connectivity index (χ2v) is 4.83. The summed E-state index contributed by atoms with van der Waals surface area (Å²) < 4.78 is 18.4. The Bertz CT molecular complexity index is 590. The van der Waals surface area contributed by atoms with E-state index in [2.05, 4.69) is 4.98 Å². The fourth-order valence-electron chi connectivity index (χ4n) is 1.34. The van der Waals surface area contributed by atoms with Gasteiger partial charge in [-0.25, -0.2) is 14.2 Å². The van der Waals surface area contributed by atoms with E-state index < -0.39 is 11.8 Å². The Kier molecular flexibility index (Phi) is 3.29. The molecule has 0 bridgehead atoms. The van der Waals surface area contributed by atoms with E-state index in [9.17, 15) is 9.18 Å². The van der Waals surface area contributed by atoms with Crippen molar-refractivity contribution in [2.24, 2.45) is 0 Å². The maximum absolute atomic E-state index is 13.1. The summed E-state index contributed by atoms with van der Waals surface area (Å²) in [6.45, 7) is 3.70. The van der Waals surface area contributed by atoms with Gasteiger partial charge in [0.2, 0.25) is 0 Å². The molecule has 0 atom stereocenters. The van der Waals surface area contributed by atoms with Gasteiger partial charge in [0.05, 0.1) is 5.69 Å². The molecule has 0 aliphatic rings. The Morgan fingerprint density at radius 3 is 2.72 bits per heavy atom.